The highest BCUT2D eigenvalue weighted by molar-refractivity contribution is 9.10. The number of carbonyl (C=O) groups is 1. The number of hydrogen-bond donors (Lipinski definition) is 1. The minimum absolute atomic E-state index is 0.140. The second kappa shape index (κ2) is 8.12. The van der Waals surface area contributed by atoms with Gasteiger partial charge in [-0.3, -0.25) is 4.79 Å². The summed E-state index contributed by atoms with van der Waals surface area (Å²) in [5.41, 5.74) is 2.33. The van der Waals surface area contributed by atoms with Crippen molar-refractivity contribution in [2.45, 2.75) is 23.3 Å². The van der Waals surface area contributed by atoms with Gasteiger partial charge in [-0.1, -0.05) is 34.6 Å². The van der Waals surface area contributed by atoms with E-state index in [1.54, 1.807) is 28.4 Å². The largest absolute Gasteiger partial charge is 0.322 e. The van der Waals surface area contributed by atoms with E-state index in [-0.39, 0.29) is 5.91 Å². The SMILES string of the molecule is CCc1cc(Sc2ccc(NC(=O)c3ccc(Br)cc3)cc2)n2ncnc2n1. The lowest BCUT2D eigenvalue weighted by atomic mass is 10.2. The van der Waals surface area contributed by atoms with Crippen LogP contribution in [0.2, 0.25) is 0 Å². The van der Waals surface area contributed by atoms with Gasteiger partial charge in [0.15, 0.2) is 0 Å². The van der Waals surface area contributed by atoms with Crippen molar-refractivity contribution in [3.05, 3.63) is 76.7 Å². The van der Waals surface area contributed by atoms with Crippen LogP contribution < -0.4 is 5.32 Å². The summed E-state index contributed by atoms with van der Waals surface area (Å²) in [6.07, 6.45) is 2.34. The molecule has 28 heavy (non-hydrogen) atoms. The Balaban J connectivity index is 1.50. The van der Waals surface area contributed by atoms with Gasteiger partial charge in [-0.15, -0.1) is 0 Å². The average Bonchev–Trinajstić information content (AvgIpc) is 3.19. The molecule has 0 saturated carbocycles. The van der Waals surface area contributed by atoms with Crippen molar-refractivity contribution in [1.29, 1.82) is 0 Å². The third kappa shape index (κ3) is 4.07. The Labute approximate surface area is 174 Å². The van der Waals surface area contributed by atoms with Crippen molar-refractivity contribution in [2.24, 2.45) is 0 Å². The molecule has 8 heteroatoms. The van der Waals surface area contributed by atoms with Crippen LogP contribution in [0.25, 0.3) is 5.78 Å². The molecule has 1 amide bonds. The molecule has 2 heterocycles. The molecule has 4 aromatic rings. The van der Waals surface area contributed by atoms with Crippen LogP contribution in [0.1, 0.15) is 23.0 Å². The number of benzene rings is 2. The maximum atomic E-state index is 12.3. The Kier molecular flexibility index (Phi) is 5.40. The highest BCUT2D eigenvalue weighted by Gasteiger charge is 2.10. The number of rotatable bonds is 5. The standard InChI is InChI=1S/C20H16BrN5OS/c1-2-15-11-18(26-20(25-15)22-12-23-26)28-17-9-7-16(8-10-17)24-19(27)13-3-5-14(21)6-4-13/h3-12H,2H2,1H3,(H,24,27). The van der Waals surface area contributed by atoms with Gasteiger partial charge in [0, 0.05) is 26.3 Å². The van der Waals surface area contributed by atoms with Gasteiger partial charge in [-0.05, 0) is 61.0 Å². The molecule has 0 bridgehead atoms. The number of aryl methyl sites for hydroxylation is 1. The molecular formula is C20H16BrN5OS. The number of halogens is 1. The second-order valence-electron chi connectivity index (χ2n) is 6.00. The summed E-state index contributed by atoms with van der Waals surface area (Å²) in [7, 11) is 0. The van der Waals surface area contributed by atoms with E-state index in [0.717, 1.165) is 32.2 Å². The van der Waals surface area contributed by atoms with Gasteiger partial charge in [0.25, 0.3) is 11.7 Å². The smallest absolute Gasteiger partial charge is 0.255 e. The first-order valence-electron chi connectivity index (χ1n) is 8.67. The Bertz CT molecular complexity index is 1130. The topological polar surface area (TPSA) is 72.2 Å². The Morgan fingerprint density at radius 3 is 2.61 bits per heavy atom. The van der Waals surface area contributed by atoms with E-state index in [1.807, 2.05) is 42.5 Å². The zero-order valence-electron chi connectivity index (χ0n) is 15.0. The van der Waals surface area contributed by atoms with Gasteiger partial charge >= 0.3 is 0 Å². The van der Waals surface area contributed by atoms with Crippen molar-refractivity contribution in [2.75, 3.05) is 5.32 Å². The Hall–Kier alpha value is -2.71. The van der Waals surface area contributed by atoms with Crippen molar-refractivity contribution in [3.63, 3.8) is 0 Å². The van der Waals surface area contributed by atoms with Gasteiger partial charge < -0.3 is 5.32 Å². The number of amides is 1. The van der Waals surface area contributed by atoms with Crippen molar-refractivity contribution in [1.82, 2.24) is 19.6 Å². The summed E-state index contributed by atoms with van der Waals surface area (Å²) in [5.74, 6) is 0.458. The molecule has 4 rings (SSSR count). The van der Waals surface area contributed by atoms with E-state index >= 15 is 0 Å². The lowest BCUT2D eigenvalue weighted by molar-refractivity contribution is 0.102. The predicted octanol–water partition coefficient (Wildman–Crippen LogP) is 4.85. The lowest BCUT2D eigenvalue weighted by Gasteiger charge is -2.08. The van der Waals surface area contributed by atoms with Crippen LogP contribution >= 0.6 is 27.7 Å². The predicted molar refractivity (Wildman–Crippen MR) is 113 cm³/mol. The van der Waals surface area contributed by atoms with Crippen molar-refractivity contribution in [3.8, 4) is 0 Å². The summed E-state index contributed by atoms with van der Waals surface area (Å²) in [5, 5.41) is 8.11. The molecule has 0 fully saturated rings. The van der Waals surface area contributed by atoms with Crippen LogP contribution in [-0.2, 0) is 6.42 Å². The first kappa shape index (κ1) is 18.6. The van der Waals surface area contributed by atoms with Crippen LogP contribution in [-0.4, -0.2) is 25.5 Å². The number of nitrogens with one attached hydrogen (secondary N) is 1. The molecule has 6 nitrogen and oxygen atoms in total. The highest BCUT2D eigenvalue weighted by Crippen LogP contribution is 2.29. The van der Waals surface area contributed by atoms with Crippen LogP contribution in [0.5, 0.6) is 0 Å². The summed E-state index contributed by atoms with van der Waals surface area (Å²) in [6, 6.07) is 17.0. The minimum Gasteiger partial charge on any atom is -0.322 e. The monoisotopic (exact) mass is 453 g/mol. The maximum absolute atomic E-state index is 12.3. The van der Waals surface area contributed by atoms with Gasteiger partial charge in [0.1, 0.15) is 11.4 Å². The summed E-state index contributed by atoms with van der Waals surface area (Å²) >= 11 is 4.95. The quantitative estimate of drug-likeness (QED) is 0.437. The normalized spacial score (nSPS) is 10.9. The van der Waals surface area contributed by atoms with Gasteiger partial charge in [0.2, 0.25) is 0 Å². The zero-order chi connectivity index (χ0) is 19.5. The first-order chi connectivity index (χ1) is 13.6. The second-order valence-corrected chi connectivity index (χ2v) is 8.01. The first-order valence-corrected chi connectivity index (χ1v) is 10.3. The molecule has 0 spiro atoms. The zero-order valence-corrected chi connectivity index (χ0v) is 17.4. The number of nitrogens with zero attached hydrogens (tertiary/aromatic N) is 4. The van der Waals surface area contributed by atoms with E-state index in [4.69, 9.17) is 0 Å². The maximum Gasteiger partial charge on any atom is 0.255 e. The molecule has 0 aliphatic rings. The van der Waals surface area contributed by atoms with Crippen LogP contribution in [0.4, 0.5) is 5.69 Å². The fourth-order valence-corrected chi connectivity index (χ4v) is 3.81. The van der Waals surface area contributed by atoms with Crippen LogP contribution in [0, 0.1) is 0 Å². The minimum atomic E-state index is -0.140. The number of hydrogen-bond acceptors (Lipinski definition) is 5. The fourth-order valence-electron chi connectivity index (χ4n) is 2.62. The molecule has 1 N–H and O–H groups in total. The summed E-state index contributed by atoms with van der Waals surface area (Å²) < 4.78 is 2.67. The van der Waals surface area contributed by atoms with E-state index in [2.05, 4.69) is 43.2 Å². The van der Waals surface area contributed by atoms with Crippen LogP contribution in [0.15, 0.2) is 75.3 Å². The molecule has 2 aromatic heterocycles. The fraction of sp³-hybridized carbons (Fsp3) is 0.100. The molecule has 0 aliphatic heterocycles. The third-order valence-electron chi connectivity index (χ3n) is 4.08. The number of aromatic nitrogens is 4. The molecular weight excluding hydrogens is 438 g/mol. The molecule has 0 unspecified atom stereocenters. The molecule has 0 radical (unpaired) electrons. The van der Waals surface area contributed by atoms with Gasteiger partial charge in [0.05, 0.1) is 0 Å². The Morgan fingerprint density at radius 2 is 1.89 bits per heavy atom. The number of carbonyl (C=O) groups excluding carboxylic acids is 1. The van der Waals surface area contributed by atoms with Crippen molar-refractivity contribution < 1.29 is 4.79 Å². The summed E-state index contributed by atoms with van der Waals surface area (Å²) in [6.45, 7) is 2.06. The van der Waals surface area contributed by atoms with Crippen molar-refractivity contribution >= 4 is 45.1 Å². The van der Waals surface area contributed by atoms with E-state index < -0.39 is 0 Å². The lowest BCUT2D eigenvalue weighted by Crippen LogP contribution is -2.11. The molecule has 0 saturated heterocycles. The van der Waals surface area contributed by atoms with Gasteiger partial charge in [-0.25, -0.2) is 4.98 Å². The number of fused-ring (bicyclic) bond motifs is 1. The molecule has 0 aliphatic carbocycles. The van der Waals surface area contributed by atoms with E-state index in [9.17, 15) is 4.79 Å². The average molecular weight is 454 g/mol. The Morgan fingerprint density at radius 1 is 1.14 bits per heavy atom. The third-order valence-corrected chi connectivity index (χ3v) is 5.61. The molecule has 2 aromatic carbocycles. The van der Waals surface area contributed by atoms with E-state index in [0.29, 0.717) is 11.3 Å². The van der Waals surface area contributed by atoms with Crippen LogP contribution in [0.3, 0.4) is 0 Å². The number of anilines is 1. The summed E-state index contributed by atoms with van der Waals surface area (Å²) in [4.78, 5) is 22.0. The van der Waals surface area contributed by atoms with Gasteiger partial charge in [-0.2, -0.15) is 14.6 Å². The molecule has 140 valence electrons. The van der Waals surface area contributed by atoms with E-state index in [1.165, 1.54) is 6.33 Å². The highest BCUT2D eigenvalue weighted by atomic mass is 79.9. The molecule has 0 atom stereocenters.